The summed E-state index contributed by atoms with van der Waals surface area (Å²) in [6.07, 6.45) is 7.15. The van der Waals surface area contributed by atoms with Gasteiger partial charge in [0.15, 0.2) is 0 Å². The number of carboxylic acids is 1. The van der Waals surface area contributed by atoms with Gasteiger partial charge >= 0.3 is 5.97 Å². The van der Waals surface area contributed by atoms with Gasteiger partial charge in [0.1, 0.15) is 5.65 Å². The number of nitrogens with one attached hydrogen (secondary N) is 2. The number of rotatable bonds is 5. The van der Waals surface area contributed by atoms with Crippen molar-refractivity contribution in [3.05, 3.63) is 52.8 Å². The minimum absolute atomic E-state index is 0.257. The second-order valence-corrected chi connectivity index (χ2v) is 10.0. The van der Waals surface area contributed by atoms with E-state index in [2.05, 4.69) is 45.3 Å². The fourth-order valence-corrected chi connectivity index (χ4v) is 5.33. The minimum Gasteiger partial charge on any atom is -0.481 e. The number of aryl methyl sites for hydroxylation is 1. The van der Waals surface area contributed by atoms with Gasteiger partial charge in [-0.1, -0.05) is 6.07 Å². The van der Waals surface area contributed by atoms with Crippen LogP contribution in [0.15, 0.2) is 30.6 Å². The molecular weight excluding hydrogens is 400 g/mol. The fraction of sp³-hybridized carbons (Fsp3) is 0.462. The largest absolute Gasteiger partial charge is 0.481 e. The standard InChI is InChI=1S/C26H32N4O2/c1-16-12-28-24-20(16)11-19(13-29-24)18-9-17-6-7-27-14-22(17)21(10-18)23-5-4-8-30(23)15-26(2,3)25(31)32/h9-13,23,27H,4-8,14-15H2,1-3H3,(H,28,29)(H,31,32)/t23-/m0/s1. The Morgan fingerprint density at radius 3 is 2.94 bits per heavy atom. The smallest absolute Gasteiger partial charge is 0.310 e. The normalized spacial score (nSPS) is 19.4. The number of likely N-dealkylation sites (tertiary alicyclic amines) is 1. The number of aromatic nitrogens is 2. The molecule has 2 aromatic heterocycles. The summed E-state index contributed by atoms with van der Waals surface area (Å²) in [6, 6.07) is 7.17. The minimum atomic E-state index is -0.765. The molecule has 2 aliphatic heterocycles. The first-order valence-corrected chi connectivity index (χ1v) is 11.6. The molecule has 1 fully saturated rings. The number of pyridine rings is 1. The van der Waals surface area contributed by atoms with Gasteiger partial charge < -0.3 is 15.4 Å². The monoisotopic (exact) mass is 432 g/mol. The first-order chi connectivity index (χ1) is 15.3. The lowest BCUT2D eigenvalue weighted by atomic mass is 9.86. The molecule has 6 heteroatoms. The zero-order valence-corrected chi connectivity index (χ0v) is 19.2. The predicted octanol–water partition coefficient (Wildman–Crippen LogP) is 4.43. The van der Waals surface area contributed by atoms with Crippen LogP contribution in [-0.2, 0) is 17.8 Å². The van der Waals surface area contributed by atoms with E-state index in [9.17, 15) is 9.90 Å². The SMILES string of the molecule is Cc1c[nH]c2ncc(-c3cc4c(c([C@@H]5CCCN5CC(C)(C)C(=O)O)c3)CNCC4)cc12. The lowest BCUT2D eigenvalue weighted by Gasteiger charge is -2.34. The van der Waals surface area contributed by atoms with Gasteiger partial charge in [-0.3, -0.25) is 9.69 Å². The maximum Gasteiger partial charge on any atom is 0.310 e. The van der Waals surface area contributed by atoms with E-state index in [4.69, 9.17) is 0 Å². The maximum atomic E-state index is 11.8. The topological polar surface area (TPSA) is 81.2 Å². The van der Waals surface area contributed by atoms with Crippen LogP contribution in [0.3, 0.4) is 0 Å². The van der Waals surface area contributed by atoms with Crippen molar-refractivity contribution in [1.29, 1.82) is 0 Å². The van der Waals surface area contributed by atoms with E-state index >= 15 is 0 Å². The predicted molar refractivity (Wildman–Crippen MR) is 127 cm³/mol. The zero-order valence-electron chi connectivity index (χ0n) is 19.2. The number of carboxylic acid groups (broad SMARTS) is 1. The Kier molecular flexibility index (Phi) is 5.30. The van der Waals surface area contributed by atoms with E-state index in [0.29, 0.717) is 6.54 Å². The van der Waals surface area contributed by atoms with E-state index in [1.165, 1.54) is 27.8 Å². The van der Waals surface area contributed by atoms with Crippen LogP contribution < -0.4 is 5.32 Å². The molecule has 0 amide bonds. The Hall–Kier alpha value is -2.70. The van der Waals surface area contributed by atoms with Crippen molar-refractivity contribution in [2.75, 3.05) is 19.6 Å². The summed E-state index contributed by atoms with van der Waals surface area (Å²) >= 11 is 0. The number of aliphatic carboxylic acids is 1. The molecule has 168 valence electrons. The van der Waals surface area contributed by atoms with E-state index in [1.807, 2.05) is 26.2 Å². The van der Waals surface area contributed by atoms with Gasteiger partial charge in [0.05, 0.1) is 5.41 Å². The number of carbonyl (C=O) groups is 1. The highest BCUT2D eigenvalue weighted by molar-refractivity contribution is 5.84. The first kappa shape index (κ1) is 21.2. The van der Waals surface area contributed by atoms with Crippen LogP contribution in [0.2, 0.25) is 0 Å². The molecule has 32 heavy (non-hydrogen) atoms. The molecule has 0 unspecified atom stereocenters. The number of nitrogens with zero attached hydrogens (tertiary/aromatic N) is 2. The summed E-state index contributed by atoms with van der Waals surface area (Å²) in [5, 5.41) is 14.4. The van der Waals surface area contributed by atoms with Crippen LogP contribution >= 0.6 is 0 Å². The quantitative estimate of drug-likeness (QED) is 0.556. The number of fused-ring (bicyclic) bond motifs is 2. The Balaban J connectivity index is 1.58. The third-order valence-corrected chi connectivity index (χ3v) is 7.22. The van der Waals surface area contributed by atoms with Crippen molar-refractivity contribution in [3.8, 4) is 11.1 Å². The number of benzene rings is 1. The summed E-state index contributed by atoms with van der Waals surface area (Å²) < 4.78 is 0. The lowest BCUT2D eigenvalue weighted by Crippen LogP contribution is -2.39. The molecule has 3 N–H and O–H groups in total. The molecular formula is C26H32N4O2. The average molecular weight is 433 g/mol. The fourth-order valence-electron chi connectivity index (χ4n) is 5.33. The average Bonchev–Trinajstić information content (AvgIpc) is 3.38. The van der Waals surface area contributed by atoms with Crippen LogP contribution in [-0.4, -0.2) is 45.6 Å². The van der Waals surface area contributed by atoms with Crippen LogP contribution in [0.25, 0.3) is 22.2 Å². The van der Waals surface area contributed by atoms with Gasteiger partial charge in [0.2, 0.25) is 0 Å². The van der Waals surface area contributed by atoms with Crippen LogP contribution in [0, 0.1) is 12.3 Å². The molecule has 2 aliphatic rings. The maximum absolute atomic E-state index is 11.8. The van der Waals surface area contributed by atoms with Crippen molar-refractivity contribution in [2.45, 2.75) is 52.6 Å². The third-order valence-electron chi connectivity index (χ3n) is 7.22. The molecule has 3 aromatic rings. The summed E-state index contributed by atoms with van der Waals surface area (Å²) in [5.41, 5.74) is 7.87. The highest BCUT2D eigenvalue weighted by Crippen LogP contribution is 2.40. The molecule has 0 spiro atoms. The van der Waals surface area contributed by atoms with Crippen LogP contribution in [0.4, 0.5) is 0 Å². The zero-order chi connectivity index (χ0) is 22.5. The summed E-state index contributed by atoms with van der Waals surface area (Å²) in [4.78, 5) is 22.1. The van der Waals surface area contributed by atoms with Crippen molar-refractivity contribution in [3.63, 3.8) is 0 Å². The molecule has 6 nitrogen and oxygen atoms in total. The van der Waals surface area contributed by atoms with Gasteiger partial charge in [-0.05, 0) is 93.1 Å². The highest BCUT2D eigenvalue weighted by Gasteiger charge is 2.36. The molecule has 1 aromatic carbocycles. The summed E-state index contributed by atoms with van der Waals surface area (Å²) in [5.74, 6) is -0.734. The van der Waals surface area contributed by atoms with E-state index < -0.39 is 11.4 Å². The van der Waals surface area contributed by atoms with Gasteiger partial charge in [-0.25, -0.2) is 4.98 Å². The first-order valence-electron chi connectivity index (χ1n) is 11.6. The number of hydrogen-bond acceptors (Lipinski definition) is 4. The Labute approximate surface area is 189 Å². The second kappa shape index (κ2) is 8.01. The molecule has 5 rings (SSSR count). The van der Waals surface area contributed by atoms with Crippen LogP contribution in [0.1, 0.15) is 55.0 Å². The lowest BCUT2D eigenvalue weighted by molar-refractivity contribution is -0.148. The second-order valence-electron chi connectivity index (χ2n) is 10.0. The van der Waals surface area contributed by atoms with Crippen molar-refractivity contribution < 1.29 is 9.90 Å². The van der Waals surface area contributed by atoms with Gasteiger partial charge in [-0.15, -0.1) is 0 Å². The van der Waals surface area contributed by atoms with Crippen molar-refractivity contribution >= 4 is 17.0 Å². The molecule has 0 aliphatic carbocycles. The van der Waals surface area contributed by atoms with Crippen molar-refractivity contribution in [2.24, 2.45) is 5.41 Å². The third kappa shape index (κ3) is 3.71. The van der Waals surface area contributed by atoms with E-state index in [-0.39, 0.29) is 6.04 Å². The van der Waals surface area contributed by atoms with Crippen LogP contribution in [0.5, 0.6) is 0 Å². The van der Waals surface area contributed by atoms with Crippen molar-refractivity contribution in [1.82, 2.24) is 20.2 Å². The molecule has 1 saturated heterocycles. The van der Waals surface area contributed by atoms with Gasteiger partial charge in [0, 0.05) is 42.5 Å². The van der Waals surface area contributed by atoms with Gasteiger partial charge in [0.25, 0.3) is 0 Å². The summed E-state index contributed by atoms with van der Waals surface area (Å²) in [6.45, 7) is 9.15. The van der Waals surface area contributed by atoms with Gasteiger partial charge in [-0.2, -0.15) is 0 Å². The Morgan fingerprint density at radius 2 is 2.12 bits per heavy atom. The highest BCUT2D eigenvalue weighted by atomic mass is 16.4. The molecule has 1 atom stereocenters. The number of H-pyrrole nitrogens is 1. The molecule has 0 saturated carbocycles. The number of hydrogen-bond donors (Lipinski definition) is 3. The van der Waals surface area contributed by atoms with E-state index in [0.717, 1.165) is 55.5 Å². The molecule has 0 bridgehead atoms. The number of aromatic amines is 1. The Bertz CT molecular complexity index is 1180. The molecule has 4 heterocycles. The summed E-state index contributed by atoms with van der Waals surface area (Å²) in [7, 11) is 0. The van der Waals surface area contributed by atoms with E-state index in [1.54, 1.807) is 0 Å². The molecule has 0 radical (unpaired) electrons. The Morgan fingerprint density at radius 1 is 1.28 bits per heavy atom.